The minimum absolute atomic E-state index is 0.702. The molecule has 0 unspecified atom stereocenters. The second kappa shape index (κ2) is 6.07. The molecule has 4 nitrogen and oxygen atoms in total. The summed E-state index contributed by atoms with van der Waals surface area (Å²) in [6.07, 6.45) is 0. The zero-order valence-corrected chi connectivity index (χ0v) is 14.9. The Labute approximate surface area is 151 Å². The molecule has 1 aromatic heterocycles. The van der Waals surface area contributed by atoms with Gasteiger partial charge in [-0.05, 0) is 49.0 Å². The van der Waals surface area contributed by atoms with Crippen LogP contribution in [0.4, 0.5) is 5.69 Å². The van der Waals surface area contributed by atoms with Crippen LogP contribution >= 0.6 is 23.8 Å². The first-order chi connectivity index (χ1) is 11.6. The Morgan fingerprint density at radius 2 is 2.04 bits per heavy atom. The van der Waals surface area contributed by atoms with E-state index in [1.54, 1.807) is 0 Å². The highest BCUT2D eigenvalue weighted by Crippen LogP contribution is 2.23. The molecule has 3 aromatic rings. The van der Waals surface area contributed by atoms with Gasteiger partial charge in [-0.15, -0.1) is 0 Å². The van der Waals surface area contributed by atoms with Crippen molar-refractivity contribution in [3.05, 3.63) is 58.9 Å². The van der Waals surface area contributed by atoms with Crippen molar-refractivity contribution in [2.75, 3.05) is 11.9 Å². The number of hydrogen-bond acceptors (Lipinski definition) is 2. The number of aromatic nitrogens is 2. The Morgan fingerprint density at radius 3 is 2.88 bits per heavy atom. The number of halogens is 1. The van der Waals surface area contributed by atoms with Gasteiger partial charge in [0.05, 0.1) is 17.6 Å². The van der Waals surface area contributed by atoms with E-state index in [9.17, 15) is 0 Å². The van der Waals surface area contributed by atoms with Crippen molar-refractivity contribution in [3.8, 4) is 0 Å². The third kappa shape index (κ3) is 2.74. The lowest BCUT2D eigenvalue weighted by Gasteiger charge is -2.30. The van der Waals surface area contributed by atoms with Crippen LogP contribution in [0.3, 0.4) is 0 Å². The average molecular weight is 357 g/mol. The van der Waals surface area contributed by atoms with E-state index in [-0.39, 0.29) is 0 Å². The van der Waals surface area contributed by atoms with Gasteiger partial charge in [0.2, 0.25) is 0 Å². The number of rotatable bonds is 1. The van der Waals surface area contributed by atoms with E-state index in [0.717, 1.165) is 40.7 Å². The van der Waals surface area contributed by atoms with E-state index in [4.69, 9.17) is 28.8 Å². The Balaban J connectivity index is 1.53. The quantitative estimate of drug-likeness (QED) is 0.662. The number of para-hydroxylation sites is 2. The van der Waals surface area contributed by atoms with Crippen LogP contribution in [0.15, 0.2) is 42.5 Å². The number of benzene rings is 2. The molecule has 24 heavy (non-hydrogen) atoms. The summed E-state index contributed by atoms with van der Waals surface area (Å²) < 4.78 is 2.27. The highest BCUT2D eigenvalue weighted by Gasteiger charge is 2.21. The second-order valence-electron chi connectivity index (χ2n) is 5.98. The van der Waals surface area contributed by atoms with Crippen molar-refractivity contribution in [1.29, 1.82) is 0 Å². The largest absolute Gasteiger partial charge is 0.340 e. The standard InChI is InChI=1S/C18H17ClN4S/c1-12-6-7-13(10-14(12)19)20-18(24)22-8-9-23-16-5-3-2-4-15(16)21-17(23)11-22/h2-7,10H,8-9,11H2,1H3,(H,20,24). The molecule has 0 aliphatic carbocycles. The van der Waals surface area contributed by atoms with Gasteiger partial charge in [-0.3, -0.25) is 0 Å². The van der Waals surface area contributed by atoms with Gasteiger partial charge in [-0.1, -0.05) is 29.8 Å². The van der Waals surface area contributed by atoms with E-state index in [1.807, 2.05) is 31.2 Å². The van der Waals surface area contributed by atoms with E-state index in [2.05, 4.69) is 33.0 Å². The van der Waals surface area contributed by atoms with Crippen molar-refractivity contribution in [3.63, 3.8) is 0 Å². The van der Waals surface area contributed by atoms with Gasteiger partial charge in [0.15, 0.2) is 5.11 Å². The van der Waals surface area contributed by atoms with E-state index in [0.29, 0.717) is 11.7 Å². The van der Waals surface area contributed by atoms with Crippen LogP contribution in [-0.2, 0) is 13.1 Å². The lowest BCUT2D eigenvalue weighted by Crippen LogP contribution is -2.40. The van der Waals surface area contributed by atoms with Gasteiger partial charge in [0.1, 0.15) is 5.82 Å². The zero-order valence-electron chi connectivity index (χ0n) is 13.3. The van der Waals surface area contributed by atoms with Gasteiger partial charge in [-0.2, -0.15) is 0 Å². The lowest BCUT2D eigenvalue weighted by molar-refractivity contribution is 0.338. The predicted molar refractivity (Wildman–Crippen MR) is 103 cm³/mol. The molecular formula is C18H17ClN4S. The molecule has 0 amide bonds. The molecule has 0 fully saturated rings. The van der Waals surface area contributed by atoms with E-state index < -0.39 is 0 Å². The summed E-state index contributed by atoms with van der Waals surface area (Å²) >= 11 is 11.8. The monoisotopic (exact) mass is 356 g/mol. The molecule has 2 heterocycles. The molecule has 1 N–H and O–H groups in total. The molecule has 6 heteroatoms. The van der Waals surface area contributed by atoms with Gasteiger partial charge in [0, 0.05) is 23.8 Å². The average Bonchev–Trinajstić information content (AvgIpc) is 2.96. The number of imidazole rings is 1. The topological polar surface area (TPSA) is 33.1 Å². The predicted octanol–water partition coefficient (Wildman–Crippen LogP) is 4.21. The number of hydrogen-bond donors (Lipinski definition) is 1. The van der Waals surface area contributed by atoms with Crippen molar-refractivity contribution in [1.82, 2.24) is 14.5 Å². The Kier molecular flexibility index (Phi) is 3.90. The fraction of sp³-hybridized carbons (Fsp3) is 0.222. The summed E-state index contributed by atoms with van der Waals surface area (Å²) in [7, 11) is 0. The number of anilines is 1. The third-order valence-corrected chi connectivity index (χ3v) is 5.14. The smallest absolute Gasteiger partial charge is 0.173 e. The first-order valence-electron chi connectivity index (χ1n) is 7.88. The molecule has 4 rings (SSSR count). The first kappa shape index (κ1) is 15.4. The highest BCUT2D eigenvalue weighted by atomic mass is 35.5. The summed E-state index contributed by atoms with van der Waals surface area (Å²) in [5.41, 5.74) is 4.20. The maximum Gasteiger partial charge on any atom is 0.173 e. The molecule has 0 spiro atoms. The fourth-order valence-corrected chi connectivity index (χ4v) is 3.47. The van der Waals surface area contributed by atoms with Gasteiger partial charge < -0.3 is 14.8 Å². The van der Waals surface area contributed by atoms with Crippen LogP contribution < -0.4 is 5.32 Å². The number of nitrogens with zero attached hydrogens (tertiary/aromatic N) is 3. The summed E-state index contributed by atoms with van der Waals surface area (Å²) in [6, 6.07) is 14.1. The molecule has 0 saturated heterocycles. The molecule has 0 bridgehead atoms. The van der Waals surface area contributed by atoms with Gasteiger partial charge in [0.25, 0.3) is 0 Å². The summed E-state index contributed by atoms with van der Waals surface area (Å²) in [4.78, 5) is 6.87. The minimum Gasteiger partial charge on any atom is -0.340 e. The van der Waals surface area contributed by atoms with Gasteiger partial charge >= 0.3 is 0 Å². The van der Waals surface area contributed by atoms with Crippen molar-refractivity contribution < 1.29 is 0 Å². The van der Waals surface area contributed by atoms with Crippen LogP contribution in [-0.4, -0.2) is 26.1 Å². The van der Waals surface area contributed by atoms with Crippen molar-refractivity contribution in [2.45, 2.75) is 20.0 Å². The number of aryl methyl sites for hydroxylation is 1. The van der Waals surface area contributed by atoms with E-state index in [1.165, 1.54) is 5.52 Å². The van der Waals surface area contributed by atoms with Gasteiger partial charge in [-0.25, -0.2) is 4.98 Å². The van der Waals surface area contributed by atoms with Crippen LogP contribution in [0.5, 0.6) is 0 Å². The molecule has 0 radical (unpaired) electrons. The fourth-order valence-electron chi connectivity index (χ4n) is 3.01. The molecule has 1 aliphatic heterocycles. The summed E-state index contributed by atoms with van der Waals surface area (Å²) in [5.74, 6) is 1.05. The normalized spacial score (nSPS) is 13.8. The first-order valence-corrected chi connectivity index (χ1v) is 8.66. The maximum atomic E-state index is 6.18. The molecule has 0 saturated carbocycles. The Morgan fingerprint density at radius 1 is 1.21 bits per heavy atom. The summed E-state index contributed by atoms with van der Waals surface area (Å²) in [5, 5.41) is 4.72. The lowest BCUT2D eigenvalue weighted by atomic mass is 10.2. The number of fused-ring (bicyclic) bond motifs is 3. The van der Waals surface area contributed by atoms with E-state index >= 15 is 0 Å². The Bertz CT molecular complexity index is 934. The third-order valence-electron chi connectivity index (χ3n) is 4.37. The molecule has 0 atom stereocenters. The Hall–Kier alpha value is -2.11. The van der Waals surface area contributed by atoms with Crippen LogP contribution in [0.2, 0.25) is 5.02 Å². The molecule has 1 aliphatic rings. The number of nitrogens with one attached hydrogen (secondary N) is 1. The summed E-state index contributed by atoms with van der Waals surface area (Å²) in [6.45, 7) is 4.44. The van der Waals surface area contributed by atoms with Crippen LogP contribution in [0.25, 0.3) is 11.0 Å². The van der Waals surface area contributed by atoms with Crippen molar-refractivity contribution in [2.24, 2.45) is 0 Å². The SMILES string of the molecule is Cc1ccc(NC(=S)N2CCn3c(nc4ccccc43)C2)cc1Cl. The minimum atomic E-state index is 0.702. The zero-order chi connectivity index (χ0) is 16.7. The number of thiocarbonyl (C=S) groups is 1. The second-order valence-corrected chi connectivity index (χ2v) is 6.78. The van der Waals surface area contributed by atoms with Crippen LogP contribution in [0, 0.1) is 6.92 Å². The van der Waals surface area contributed by atoms with Crippen molar-refractivity contribution >= 4 is 45.7 Å². The highest BCUT2D eigenvalue weighted by molar-refractivity contribution is 7.80. The maximum absolute atomic E-state index is 6.18. The van der Waals surface area contributed by atoms with Crippen LogP contribution in [0.1, 0.15) is 11.4 Å². The molecule has 2 aromatic carbocycles. The molecular weight excluding hydrogens is 340 g/mol. The molecule has 122 valence electrons.